The van der Waals surface area contributed by atoms with Gasteiger partial charge in [0.15, 0.2) is 0 Å². The molecule has 0 aliphatic rings. The molecule has 0 saturated carbocycles. The van der Waals surface area contributed by atoms with Crippen LogP contribution in [0.1, 0.15) is 271 Å². The summed E-state index contributed by atoms with van der Waals surface area (Å²) < 4.78 is 10.9. The number of rotatable bonds is 44. The first-order valence-corrected chi connectivity index (χ1v) is 26.6. The molecule has 0 spiro atoms. The average Bonchev–Trinajstić information content (AvgIpc) is 3.27. The summed E-state index contributed by atoms with van der Waals surface area (Å²) in [5, 5.41) is 0. The highest BCUT2D eigenvalue weighted by atomic mass is 16.5. The zero-order valence-corrected chi connectivity index (χ0v) is 41.2. The molecule has 0 bridgehead atoms. The van der Waals surface area contributed by atoms with Gasteiger partial charge in [0, 0.05) is 38.5 Å². The van der Waals surface area contributed by atoms with E-state index < -0.39 is 0 Å². The van der Waals surface area contributed by atoms with Crippen LogP contribution >= 0.6 is 0 Å². The molecule has 0 atom stereocenters. The number of esters is 2. The lowest BCUT2D eigenvalue weighted by atomic mass is 10.1. The minimum absolute atomic E-state index is 0.108. The van der Waals surface area contributed by atoms with Crippen molar-refractivity contribution in [3.8, 4) is 47.4 Å². The fourth-order valence-electron chi connectivity index (χ4n) is 7.51. The summed E-state index contributed by atoms with van der Waals surface area (Å²) in [7, 11) is 2.04. The monoisotopic (exact) mass is 861 g/mol. The molecule has 0 amide bonds. The molecule has 0 aromatic carbocycles. The predicted octanol–water partition coefficient (Wildman–Crippen LogP) is 14.2. The normalized spacial score (nSPS) is 10.5. The van der Waals surface area contributed by atoms with Crippen LogP contribution in [0.4, 0.5) is 0 Å². The Balaban J connectivity index is 3.48. The maximum absolute atomic E-state index is 12.1. The standard InChI is InChI=1S/C57H97NO4/c1-4-6-8-10-12-14-16-18-20-22-24-26-28-30-32-34-36-38-40-42-44-46-48-50-56(59)61-54-52-58(3)53-55-62-57(60)51-49-47-45-43-41-39-37-35-33-31-29-27-25-23-21-19-17-15-13-11-9-7-5-2/h4-27,36-55H2,1-3H3/p+1. The van der Waals surface area contributed by atoms with Crippen molar-refractivity contribution in [1.29, 1.82) is 0 Å². The van der Waals surface area contributed by atoms with Gasteiger partial charge in [0.2, 0.25) is 0 Å². The van der Waals surface area contributed by atoms with Crippen molar-refractivity contribution < 1.29 is 24.0 Å². The highest BCUT2D eigenvalue weighted by molar-refractivity contribution is 5.69. The number of likely N-dealkylation sites (N-methyl/N-ethyl adjacent to an activating group) is 1. The zero-order valence-electron chi connectivity index (χ0n) is 41.2. The molecule has 354 valence electrons. The van der Waals surface area contributed by atoms with Crippen molar-refractivity contribution in [3.05, 3.63) is 0 Å². The molecular formula is C57H98NO4+. The van der Waals surface area contributed by atoms with Gasteiger partial charge in [-0.15, -0.1) is 0 Å². The second-order valence-corrected chi connectivity index (χ2v) is 17.9. The van der Waals surface area contributed by atoms with Crippen molar-refractivity contribution in [2.75, 3.05) is 33.4 Å². The van der Waals surface area contributed by atoms with Crippen LogP contribution in [-0.4, -0.2) is 45.3 Å². The number of unbranched alkanes of at least 4 members (excludes halogenated alkanes) is 34. The zero-order chi connectivity index (χ0) is 44.9. The Bertz CT molecular complexity index is 1150. The van der Waals surface area contributed by atoms with Crippen LogP contribution in [0.3, 0.4) is 0 Å². The largest absolute Gasteiger partial charge is 0.460 e. The van der Waals surface area contributed by atoms with Crippen molar-refractivity contribution in [3.63, 3.8) is 0 Å². The molecule has 0 radical (unpaired) electrons. The molecule has 0 aliphatic heterocycles. The molecule has 5 nitrogen and oxygen atoms in total. The third-order valence-electron chi connectivity index (χ3n) is 11.7. The maximum Gasteiger partial charge on any atom is 0.305 e. The Morgan fingerprint density at radius 1 is 0.339 bits per heavy atom. The van der Waals surface area contributed by atoms with Crippen molar-refractivity contribution in [2.24, 2.45) is 0 Å². The summed E-state index contributed by atoms with van der Waals surface area (Å²) in [6.45, 7) is 6.81. The van der Waals surface area contributed by atoms with Crippen molar-refractivity contribution in [1.82, 2.24) is 0 Å². The Kier molecular flexibility index (Phi) is 50.1. The molecule has 1 N–H and O–H groups in total. The predicted molar refractivity (Wildman–Crippen MR) is 266 cm³/mol. The number of ether oxygens (including phenoxy) is 2. The summed E-state index contributed by atoms with van der Waals surface area (Å²) in [5.74, 6) is 24.7. The summed E-state index contributed by atoms with van der Waals surface area (Å²) in [5.41, 5.74) is 0. The highest BCUT2D eigenvalue weighted by Gasteiger charge is 2.09. The molecule has 62 heavy (non-hydrogen) atoms. The number of quaternary nitrogens is 1. The fourth-order valence-corrected chi connectivity index (χ4v) is 7.51. The Morgan fingerprint density at radius 3 is 0.823 bits per heavy atom. The van der Waals surface area contributed by atoms with E-state index in [2.05, 4.69) is 61.2 Å². The third-order valence-corrected chi connectivity index (χ3v) is 11.7. The number of carbonyl (C=O) groups is 2. The highest BCUT2D eigenvalue weighted by Crippen LogP contribution is 2.14. The summed E-state index contributed by atoms with van der Waals surface area (Å²) in [6, 6.07) is 0. The van der Waals surface area contributed by atoms with Crippen LogP contribution in [0.2, 0.25) is 0 Å². The van der Waals surface area contributed by atoms with Gasteiger partial charge in [-0.3, -0.25) is 9.59 Å². The second kappa shape index (κ2) is 52.5. The summed E-state index contributed by atoms with van der Waals surface area (Å²) in [4.78, 5) is 25.5. The van der Waals surface area contributed by atoms with Crippen LogP contribution < -0.4 is 4.90 Å². The van der Waals surface area contributed by atoms with Gasteiger partial charge in [-0.2, -0.15) is 0 Å². The van der Waals surface area contributed by atoms with E-state index >= 15 is 0 Å². The van der Waals surface area contributed by atoms with Crippen molar-refractivity contribution in [2.45, 2.75) is 271 Å². The molecule has 5 heteroatoms. The van der Waals surface area contributed by atoms with Crippen molar-refractivity contribution >= 4 is 11.9 Å². The van der Waals surface area contributed by atoms with Gasteiger partial charge in [0.1, 0.15) is 26.3 Å². The second-order valence-electron chi connectivity index (χ2n) is 17.9. The van der Waals surface area contributed by atoms with Crippen LogP contribution in [0.25, 0.3) is 0 Å². The minimum Gasteiger partial charge on any atom is -0.460 e. The quantitative estimate of drug-likeness (QED) is 0.0377. The molecule has 0 rings (SSSR count). The van der Waals surface area contributed by atoms with Gasteiger partial charge in [0.05, 0.1) is 7.05 Å². The number of hydrogen-bond donors (Lipinski definition) is 1. The first-order valence-electron chi connectivity index (χ1n) is 26.6. The first kappa shape index (κ1) is 59.1. The molecule has 0 fully saturated rings. The van der Waals surface area contributed by atoms with E-state index in [0.717, 1.165) is 90.1 Å². The Morgan fingerprint density at radius 2 is 0.565 bits per heavy atom. The topological polar surface area (TPSA) is 57.0 Å². The van der Waals surface area contributed by atoms with Gasteiger partial charge in [-0.1, -0.05) is 217 Å². The lowest BCUT2D eigenvalue weighted by Crippen LogP contribution is -3.10. The fraction of sp³-hybridized carbons (Fsp3) is 0.825. The molecule has 0 heterocycles. The smallest absolute Gasteiger partial charge is 0.305 e. The summed E-state index contributed by atoms with van der Waals surface area (Å²) >= 11 is 0. The van der Waals surface area contributed by atoms with E-state index in [4.69, 9.17) is 9.47 Å². The van der Waals surface area contributed by atoms with Crippen LogP contribution in [-0.2, 0) is 19.1 Å². The van der Waals surface area contributed by atoms with Crippen LogP contribution in [0.15, 0.2) is 0 Å². The molecule has 0 aromatic rings. The lowest BCUT2D eigenvalue weighted by Gasteiger charge is -2.14. The SMILES string of the molecule is CCCCCCCCCCCCCC#CC#CCCCCCCCCC(=O)OCC[NH+](C)CCOC(=O)CCCCCCCCC#CC#CCCCCCCCCCCCCC. The van der Waals surface area contributed by atoms with E-state index in [1.54, 1.807) is 0 Å². The first-order chi connectivity index (χ1) is 30.6. The van der Waals surface area contributed by atoms with Crippen LogP contribution in [0, 0.1) is 47.4 Å². The molecule has 0 aliphatic carbocycles. The minimum atomic E-state index is -0.108. The number of hydrogen-bond acceptors (Lipinski definition) is 4. The lowest BCUT2D eigenvalue weighted by molar-refractivity contribution is -0.880. The average molecular weight is 861 g/mol. The molecule has 0 unspecified atom stereocenters. The van der Waals surface area contributed by atoms with E-state index in [1.807, 2.05) is 7.05 Å². The maximum atomic E-state index is 12.1. The molecule has 0 saturated heterocycles. The van der Waals surface area contributed by atoms with E-state index in [1.165, 1.54) is 172 Å². The van der Waals surface area contributed by atoms with Gasteiger partial charge in [-0.05, 0) is 62.2 Å². The van der Waals surface area contributed by atoms with Gasteiger partial charge < -0.3 is 14.4 Å². The van der Waals surface area contributed by atoms with Gasteiger partial charge >= 0.3 is 11.9 Å². The third kappa shape index (κ3) is 51.5. The van der Waals surface area contributed by atoms with E-state index in [9.17, 15) is 9.59 Å². The van der Waals surface area contributed by atoms with Gasteiger partial charge in [0.25, 0.3) is 0 Å². The van der Waals surface area contributed by atoms with Crippen LogP contribution in [0.5, 0.6) is 0 Å². The number of nitrogens with one attached hydrogen (secondary N) is 1. The Labute approximate surface area is 385 Å². The molecule has 0 aromatic heterocycles. The summed E-state index contributed by atoms with van der Waals surface area (Å²) in [6.07, 6.45) is 48.1. The Hall–Kier alpha value is -2.86. The van der Waals surface area contributed by atoms with E-state index in [-0.39, 0.29) is 11.9 Å². The van der Waals surface area contributed by atoms with E-state index in [0.29, 0.717) is 26.1 Å². The molecular weight excluding hydrogens is 763 g/mol. The van der Waals surface area contributed by atoms with Gasteiger partial charge in [-0.25, -0.2) is 0 Å². The number of carbonyl (C=O) groups excluding carboxylic acids is 2.